The summed E-state index contributed by atoms with van der Waals surface area (Å²) in [6, 6.07) is 29.3. The average Bonchev–Trinajstić information content (AvgIpc) is 2.73. The second kappa shape index (κ2) is 6.84. The molecule has 0 fully saturated rings. The Balaban J connectivity index is 1.75. The van der Waals surface area contributed by atoms with Crippen LogP contribution in [0.3, 0.4) is 0 Å². The lowest BCUT2D eigenvalue weighted by atomic mass is 10.0. The molecule has 0 aliphatic carbocycles. The van der Waals surface area contributed by atoms with E-state index in [1.165, 1.54) is 5.56 Å². The Morgan fingerprint density at radius 3 is 1.71 bits per heavy atom. The Morgan fingerprint density at radius 2 is 1.14 bits per heavy atom. The number of hydrogen-bond donors (Lipinski definition) is 0. The van der Waals surface area contributed by atoms with Crippen LogP contribution in [0.2, 0.25) is 0 Å². The van der Waals surface area contributed by atoms with Gasteiger partial charge < -0.3 is 0 Å². The quantitative estimate of drug-likeness (QED) is 0.280. The van der Waals surface area contributed by atoms with E-state index in [4.69, 9.17) is 9.97 Å². The minimum Gasteiger partial charge on any atom is -0.245 e. The molecule has 0 saturated heterocycles. The van der Waals surface area contributed by atoms with Crippen LogP contribution in [0.5, 0.6) is 0 Å². The fraction of sp³-hybridized carbons (Fsp3) is 0.0400. The van der Waals surface area contributed by atoms with Crippen LogP contribution < -0.4 is 0 Å². The van der Waals surface area contributed by atoms with Gasteiger partial charge in [0.25, 0.3) is 0 Å². The highest BCUT2D eigenvalue weighted by Gasteiger charge is 2.09. The summed E-state index contributed by atoms with van der Waals surface area (Å²) in [7, 11) is 0. The lowest BCUT2D eigenvalue weighted by Gasteiger charge is -2.08. The number of halogens is 1. The third kappa shape index (κ3) is 3.08. The van der Waals surface area contributed by atoms with Gasteiger partial charge in [0.05, 0.1) is 22.4 Å². The molecule has 2 nitrogen and oxygen atoms in total. The molecule has 2 heterocycles. The number of rotatable bonds is 2. The number of pyridine rings is 2. The monoisotopic (exact) mass is 424 g/mol. The normalized spacial score (nSPS) is 11.2. The van der Waals surface area contributed by atoms with E-state index in [1.54, 1.807) is 0 Å². The molecule has 28 heavy (non-hydrogen) atoms. The van der Waals surface area contributed by atoms with Gasteiger partial charge in [0, 0.05) is 26.4 Å². The van der Waals surface area contributed by atoms with Gasteiger partial charge in [-0.15, -0.1) is 0 Å². The molecular formula is C25H17BrN2. The predicted molar refractivity (Wildman–Crippen MR) is 120 cm³/mol. The fourth-order valence-electron chi connectivity index (χ4n) is 3.54. The Labute approximate surface area is 172 Å². The van der Waals surface area contributed by atoms with Gasteiger partial charge in [-0.25, -0.2) is 9.97 Å². The molecule has 0 saturated carbocycles. The van der Waals surface area contributed by atoms with Crippen LogP contribution in [0.1, 0.15) is 5.56 Å². The molecule has 3 aromatic carbocycles. The highest BCUT2D eigenvalue weighted by Crippen LogP contribution is 2.29. The van der Waals surface area contributed by atoms with Gasteiger partial charge >= 0.3 is 0 Å². The van der Waals surface area contributed by atoms with Crippen LogP contribution >= 0.6 is 15.9 Å². The topological polar surface area (TPSA) is 25.8 Å². The smallest absolute Gasteiger partial charge is 0.0972 e. The van der Waals surface area contributed by atoms with Crippen LogP contribution in [0.15, 0.2) is 89.4 Å². The largest absolute Gasteiger partial charge is 0.245 e. The van der Waals surface area contributed by atoms with E-state index < -0.39 is 0 Å². The Kier molecular flexibility index (Phi) is 4.18. The van der Waals surface area contributed by atoms with Crippen molar-refractivity contribution in [3.05, 3.63) is 95.0 Å². The van der Waals surface area contributed by atoms with Crippen LogP contribution in [0.25, 0.3) is 44.3 Å². The maximum absolute atomic E-state index is 5.00. The molecule has 0 aliphatic rings. The Bertz CT molecular complexity index is 1240. The molecule has 0 unspecified atom stereocenters. The van der Waals surface area contributed by atoms with Crippen molar-refractivity contribution in [2.45, 2.75) is 6.92 Å². The van der Waals surface area contributed by atoms with Crippen LogP contribution in [0, 0.1) is 6.92 Å². The summed E-state index contributed by atoms with van der Waals surface area (Å²) >= 11 is 3.55. The van der Waals surface area contributed by atoms with Gasteiger partial charge in [-0.2, -0.15) is 0 Å². The van der Waals surface area contributed by atoms with Crippen LogP contribution in [0.4, 0.5) is 0 Å². The van der Waals surface area contributed by atoms with Crippen molar-refractivity contribution in [3.8, 4) is 22.5 Å². The predicted octanol–water partition coefficient (Wildman–Crippen LogP) is 7.19. The summed E-state index contributed by atoms with van der Waals surface area (Å²) in [4.78, 5) is 9.98. The van der Waals surface area contributed by atoms with Crippen LogP contribution in [-0.4, -0.2) is 9.97 Å². The summed E-state index contributed by atoms with van der Waals surface area (Å²) in [5.74, 6) is 0. The first-order chi connectivity index (χ1) is 13.7. The first kappa shape index (κ1) is 17.1. The molecule has 0 aliphatic heterocycles. The molecular weight excluding hydrogens is 408 g/mol. The average molecular weight is 425 g/mol. The zero-order valence-electron chi connectivity index (χ0n) is 15.4. The Hall–Kier alpha value is -3.04. The lowest BCUT2D eigenvalue weighted by Crippen LogP contribution is -1.91. The second-order valence-electron chi connectivity index (χ2n) is 6.98. The van der Waals surface area contributed by atoms with Crippen LogP contribution in [-0.2, 0) is 0 Å². The van der Waals surface area contributed by atoms with Crippen molar-refractivity contribution in [3.63, 3.8) is 0 Å². The van der Waals surface area contributed by atoms with E-state index in [2.05, 4.69) is 95.7 Å². The number of hydrogen-bond acceptors (Lipinski definition) is 2. The fourth-order valence-corrected chi connectivity index (χ4v) is 3.94. The SMILES string of the molecule is Cc1cccc(-c2ccc3ccc4ccc(-c5cccc(Br)c5)nc4c3n2)c1. The summed E-state index contributed by atoms with van der Waals surface area (Å²) < 4.78 is 1.05. The standard InChI is InChI=1S/C25H17BrN2/c1-16-4-2-5-19(14-16)22-12-10-17-8-9-18-11-13-23(28-25(18)24(17)27-22)20-6-3-7-21(26)15-20/h2-15H,1H3. The third-order valence-corrected chi connectivity index (χ3v) is 5.45. The molecule has 5 aromatic rings. The Morgan fingerprint density at radius 1 is 0.607 bits per heavy atom. The first-order valence-electron chi connectivity index (χ1n) is 9.21. The van der Waals surface area contributed by atoms with E-state index >= 15 is 0 Å². The summed E-state index contributed by atoms with van der Waals surface area (Å²) in [6.07, 6.45) is 0. The van der Waals surface area contributed by atoms with Gasteiger partial charge in [-0.3, -0.25) is 0 Å². The van der Waals surface area contributed by atoms with Crippen molar-refractivity contribution < 1.29 is 0 Å². The molecule has 5 rings (SSSR count). The maximum Gasteiger partial charge on any atom is 0.0972 e. The van der Waals surface area contributed by atoms with Gasteiger partial charge in [-0.1, -0.05) is 76.1 Å². The number of fused-ring (bicyclic) bond motifs is 3. The third-order valence-electron chi connectivity index (χ3n) is 4.95. The minimum atomic E-state index is 0.935. The molecule has 0 atom stereocenters. The molecule has 2 aromatic heterocycles. The highest BCUT2D eigenvalue weighted by atomic mass is 79.9. The van der Waals surface area contributed by atoms with E-state index in [9.17, 15) is 0 Å². The van der Waals surface area contributed by atoms with Gasteiger partial charge in [0.15, 0.2) is 0 Å². The molecule has 0 spiro atoms. The molecule has 0 bridgehead atoms. The van der Waals surface area contributed by atoms with Crippen molar-refractivity contribution in [2.75, 3.05) is 0 Å². The zero-order valence-corrected chi connectivity index (χ0v) is 16.9. The summed E-state index contributed by atoms with van der Waals surface area (Å²) in [5, 5.41) is 2.20. The van der Waals surface area contributed by atoms with E-state index in [0.717, 1.165) is 48.8 Å². The maximum atomic E-state index is 5.00. The number of benzene rings is 3. The van der Waals surface area contributed by atoms with Gasteiger partial charge in [-0.05, 0) is 37.3 Å². The number of nitrogens with zero attached hydrogens (tertiary/aromatic N) is 2. The lowest BCUT2D eigenvalue weighted by molar-refractivity contribution is 1.36. The van der Waals surface area contributed by atoms with E-state index in [1.807, 2.05) is 12.1 Å². The second-order valence-corrected chi connectivity index (χ2v) is 7.90. The van der Waals surface area contributed by atoms with Crippen molar-refractivity contribution in [1.82, 2.24) is 9.97 Å². The van der Waals surface area contributed by atoms with Gasteiger partial charge in [0.2, 0.25) is 0 Å². The van der Waals surface area contributed by atoms with E-state index in [0.29, 0.717) is 0 Å². The van der Waals surface area contributed by atoms with Crippen molar-refractivity contribution in [1.29, 1.82) is 0 Å². The molecule has 134 valence electrons. The van der Waals surface area contributed by atoms with Crippen molar-refractivity contribution >= 4 is 37.7 Å². The minimum absolute atomic E-state index is 0.935. The number of aryl methyl sites for hydroxylation is 1. The molecule has 0 radical (unpaired) electrons. The molecule has 0 N–H and O–H groups in total. The molecule has 3 heteroatoms. The van der Waals surface area contributed by atoms with Gasteiger partial charge in [0.1, 0.15) is 0 Å². The molecule has 0 amide bonds. The van der Waals surface area contributed by atoms with Crippen molar-refractivity contribution in [2.24, 2.45) is 0 Å². The first-order valence-corrected chi connectivity index (χ1v) is 10.0. The summed E-state index contributed by atoms with van der Waals surface area (Å²) in [6.45, 7) is 2.10. The number of aromatic nitrogens is 2. The highest BCUT2D eigenvalue weighted by molar-refractivity contribution is 9.10. The van der Waals surface area contributed by atoms with E-state index in [-0.39, 0.29) is 0 Å². The summed E-state index contributed by atoms with van der Waals surface area (Å²) in [5.41, 5.74) is 7.23. The zero-order chi connectivity index (χ0) is 19.1.